The molecule has 0 saturated carbocycles. The van der Waals surface area contributed by atoms with E-state index in [-0.39, 0.29) is 11.9 Å². The van der Waals surface area contributed by atoms with Crippen LogP contribution in [0, 0.1) is 0 Å². The molecular weight excluding hydrogens is 318 g/mol. The number of rotatable bonds is 6. The van der Waals surface area contributed by atoms with Gasteiger partial charge in [-0.3, -0.25) is 9.69 Å². The second kappa shape index (κ2) is 8.55. The Hall–Kier alpha value is -2.51. The summed E-state index contributed by atoms with van der Waals surface area (Å²) in [5, 5.41) is 6.15. The van der Waals surface area contributed by atoms with E-state index in [2.05, 4.69) is 25.5 Å². The summed E-state index contributed by atoms with van der Waals surface area (Å²) in [6.45, 7) is 6.19. The minimum atomic E-state index is -0.0848. The van der Waals surface area contributed by atoms with E-state index in [9.17, 15) is 4.79 Å². The third kappa shape index (κ3) is 5.23. The predicted octanol–water partition coefficient (Wildman–Crippen LogP) is 1.67. The van der Waals surface area contributed by atoms with Crippen molar-refractivity contribution in [1.82, 2.24) is 20.2 Å². The summed E-state index contributed by atoms with van der Waals surface area (Å²) in [7, 11) is 0. The van der Waals surface area contributed by atoms with Crippen molar-refractivity contribution in [2.75, 3.05) is 38.2 Å². The van der Waals surface area contributed by atoms with E-state index >= 15 is 0 Å². The Morgan fingerprint density at radius 2 is 2.00 bits per heavy atom. The number of morpholine rings is 1. The van der Waals surface area contributed by atoms with E-state index in [1.54, 1.807) is 30.6 Å². The van der Waals surface area contributed by atoms with E-state index in [4.69, 9.17) is 4.74 Å². The second-order valence-electron chi connectivity index (χ2n) is 6.07. The SMILES string of the molecule is CC(CN1CCOCC1)NC(=O)c1cccc(Nc2ncccn2)c1. The van der Waals surface area contributed by atoms with Crippen LogP contribution in [0.3, 0.4) is 0 Å². The molecule has 132 valence electrons. The van der Waals surface area contributed by atoms with Gasteiger partial charge in [-0.05, 0) is 31.2 Å². The highest BCUT2D eigenvalue weighted by Gasteiger charge is 2.16. The van der Waals surface area contributed by atoms with Crippen LogP contribution >= 0.6 is 0 Å². The molecule has 1 aliphatic rings. The highest BCUT2D eigenvalue weighted by Crippen LogP contribution is 2.14. The molecule has 1 fully saturated rings. The highest BCUT2D eigenvalue weighted by atomic mass is 16.5. The van der Waals surface area contributed by atoms with E-state index < -0.39 is 0 Å². The zero-order chi connectivity index (χ0) is 17.5. The third-order valence-electron chi connectivity index (χ3n) is 3.96. The topological polar surface area (TPSA) is 79.4 Å². The molecule has 1 aromatic carbocycles. The van der Waals surface area contributed by atoms with Crippen LogP contribution in [-0.4, -0.2) is 59.7 Å². The van der Waals surface area contributed by atoms with E-state index in [1.165, 1.54) is 0 Å². The molecule has 0 radical (unpaired) electrons. The largest absolute Gasteiger partial charge is 0.379 e. The maximum Gasteiger partial charge on any atom is 0.251 e. The Morgan fingerprint density at radius 3 is 2.76 bits per heavy atom. The Labute approximate surface area is 147 Å². The molecule has 3 rings (SSSR count). The number of ether oxygens (including phenoxy) is 1. The lowest BCUT2D eigenvalue weighted by atomic mass is 10.1. The highest BCUT2D eigenvalue weighted by molar-refractivity contribution is 5.95. The normalized spacial score (nSPS) is 16.2. The first-order valence-corrected chi connectivity index (χ1v) is 8.46. The minimum Gasteiger partial charge on any atom is -0.379 e. The number of carbonyl (C=O) groups excluding carboxylic acids is 1. The van der Waals surface area contributed by atoms with Crippen molar-refractivity contribution in [1.29, 1.82) is 0 Å². The van der Waals surface area contributed by atoms with Gasteiger partial charge in [-0.1, -0.05) is 6.07 Å². The summed E-state index contributed by atoms with van der Waals surface area (Å²) in [5.74, 6) is 0.416. The van der Waals surface area contributed by atoms with Crippen LogP contribution < -0.4 is 10.6 Å². The van der Waals surface area contributed by atoms with Crippen molar-refractivity contribution < 1.29 is 9.53 Å². The molecular formula is C18H23N5O2. The van der Waals surface area contributed by atoms with Gasteiger partial charge in [-0.2, -0.15) is 0 Å². The fraction of sp³-hybridized carbons (Fsp3) is 0.389. The van der Waals surface area contributed by atoms with Gasteiger partial charge in [0.15, 0.2) is 0 Å². The molecule has 0 bridgehead atoms. The molecule has 0 spiro atoms. The molecule has 0 aliphatic carbocycles. The molecule has 7 nitrogen and oxygen atoms in total. The lowest BCUT2D eigenvalue weighted by Crippen LogP contribution is -2.46. The fourth-order valence-electron chi connectivity index (χ4n) is 2.75. The minimum absolute atomic E-state index is 0.0691. The molecule has 1 unspecified atom stereocenters. The van der Waals surface area contributed by atoms with Crippen LogP contribution in [-0.2, 0) is 4.74 Å². The second-order valence-corrected chi connectivity index (χ2v) is 6.07. The lowest BCUT2D eigenvalue weighted by Gasteiger charge is -2.29. The van der Waals surface area contributed by atoms with Gasteiger partial charge in [-0.25, -0.2) is 9.97 Å². The number of amides is 1. The molecule has 2 N–H and O–H groups in total. The van der Waals surface area contributed by atoms with Gasteiger partial charge < -0.3 is 15.4 Å². The van der Waals surface area contributed by atoms with E-state index in [0.717, 1.165) is 38.5 Å². The van der Waals surface area contributed by atoms with E-state index in [1.807, 2.05) is 19.1 Å². The number of hydrogen-bond donors (Lipinski definition) is 2. The molecule has 1 amide bonds. The monoisotopic (exact) mass is 341 g/mol. The first-order chi connectivity index (χ1) is 12.2. The number of carbonyl (C=O) groups is 1. The van der Waals surface area contributed by atoms with Gasteiger partial charge in [0.1, 0.15) is 0 Å². The third-order valence-corrected chi connectivity index (χ3v) is 3.96. The van der Waals surface area contributed by atoms with Crippen LogP contribution in [0.15, 0.2) is 42.7 Å². The molecule has 1 atom stereocenters. The van der Waals surface area contributed by atoms with Crippen molar-refractivity contribution >= 4 is 17.5 Å². The smallest absolute Gasteiger partial charge is 0.251 e. The summed E-state index contributed by atoms with van der Waals surface area (Å²) in [6.07, 6.45) is 3.33. The van der Waals surface area contributed by atoms with Crippen molar-refractivity contribution in [3.63, 3.8) is 0 Å². The lowest BCUT2D eigenvalue weighted by molar-refractivity contribution is 0.0342. The van der Waals surface area contributed by atoms with Gasteiger partial charge in [0.05, 0.1) is 13.2 Å². The summed E-state index contributed by atoms with van der Waals surface area (Å²) >= 11 is 0. The average Bonchev–Trinajstić information content (AvgIpc) is 2.63. The quantitative estimate of drug-likeness (QED) is 0.832. The Balaban J connectivity index is 1.57. The molecule has 2 heterocycles. The number of nitrogens with zero attached hydrogens (tertiary/aromatic N) is 3. The Bertz CT molecular complexity index is 689. The first kappa shape index (κ1) is 17.3. The zero-order valence-electron chi connectivity index (χ0n) is 14.3. The predicted molar refractivity (Wildman–Crippen MR) is 95.9 cm³/mol. The van der Waals surface area contributed by atoms with Crippen molar-refractivity contribution in [3.8, 4) is 0 Å². The van der Waals surface area contributed by atoms with Crippen LogP contribution in [0.4, 0.5) is 11.6 Å². The zero-order valence-corrected chi connectivity index (χ0v) is 14.3. The number of hydrogen-bond acceptors (Lipinski definition) is 6. The van der Waals surface area contributed by atoms with Crippen molar-refractivity contribution in [2.24, 2.45) is 0 Å². The van der Waals surface area contributed by atoms with Crippen molar-refractivity contribution in [2.45, 2.75) is 13.0 Å². The Kier molecular flexibility index (Phi) is 5.92. The maximum atomic E-state index is 12.5. The van der Waals surface area contributed by atoms with Crippen LogP contribution in [0.25, 0.3) is 0 Å². The summed E-state index contributed by atoms with van der Waals surface area (Å²) < 4.78 is 5.35. The maximum absolute atomic E-state index is 12.5. The molecule has 25 heavy (non-hydrogen) atoms. The Morgan fingerprint density at radius 1 is 1.24 bits per heavy atom. The first-order valence-electron chi connectivity index (χ1n) is 8.46. The number of benzene rings is 1. The van der Waals surface area contributed by atoms with Crippen LogP contribution in [0.5, 0.6) is 0 Å². The number of aromatic nitrogens is 2. The van der Waals surface area contributed by atoms with Gasteiger partial charge >= 0.3 is 0 Å². The van der Waals surface area contributed by atoms with Gasteiger partial charge in [-0.15, -0.1) is 0 Å². The summed E-state index contributed by atoms with van der Waals surface area (Å²) in [5.41, 5.74) is 1.38. The molecule has 7 heteroatoms. The van der Waals surface area contributed by atoms with Crippen molar-refractivity contribution in [3.05, 3.63) is 48.3 Å². The molecule has 1 saturated heterocycles. The average molecular weight is 341 g/mol. The van der Waals surface area contributed by atoms with Gasteiger partial charge in [0.25, 0.3) is 5.91 Å². The standard InChI is InChI=1S/C18H23N5O2/c1-14(13-23-8-10-25-11-9-23)21-17(24)15-4-2-5-16(12-15)22-18-19-6-3-7-20-18/h2-7,12,14H,8-11,13H2,1H3,(H,21,24)(H,19,20,22). The van der Waals surface area contributed by atoms with Gasteiger partial charge in [0, 0.05) is 49.3 Å². The van der Waals surface area contributed by atoms with Crippen LogP contribution in [0.1, 0.15) is 17.3 Å². The van der Waals surface area contributed by atoms with E-state index in [0.29, 0.717) is 11.5 Å². The van der Waals surface area contributed by atoms with Crippen LogP contribution in [0.2, 0.25) is 0 Å². The molecule has 1 aromatic heterocycles. The fourth-order valence-corrected chi connectivity index (χ4v) is 2.75. The van der Waals surface area contributed by atoms with Gasteiger partial charge in [0.2, 0.25) is 5.95 Å². The molecule has 2 aromatic rings. The summed E-state index contributed by atoms with van der Waals surface area (Å²) in [4.78, 5) is 23.0. The number of anilines is 2. The number of nitrogens with one attached hydrogen (secondary N) is 2. The molecule has 1 aliphatic heterocycles. The summed E-state index contributed by atoms with van der Waals surface area (Å²) in [6, 6.07) is 9.14.